The predicted molar refractivity (Wildman–Crippen MR) is 82.4 cm³/mol. The van der Waals surface area contributed by atoms with E-state index in [0.717, 1.165) is 13.2 Å². The Balaban J connectivity index is 0.00000529. The number of amides is 2. The van der Waals surface area contributed by atoms with E-state index in [1.807, 2.05) is 0 Å². The summed E-state index contributed by atoms with van der Waals surface area (Å²) in [6.45, 7) is -3.85. The molecule has 0 aromatic heterocycles. The van der Waals surface area contributed by atoms with Crippen LogP contribution in [0.2, 0.25) is 0 Å². The van der Waals surface area contributed by atoms with Crippen LogP contribution in [0.5, 0.6) is 5.75 Å². The van der Waals surface area contributed by atoms with Gasteiger partial charge in [0.2, 0.25) is 11.8 Å². The lowest BCUT2D eigenvalue weighted by Crippen LogP contribution is -2.36. The van der Waals surface area contributed by atoms with E-state index in [1.165, 1.54) is 12.1 Å². The smallest absolute Gasteiger partial charge is 0.387 e. The molecule has 24 heavy (non-hydrogen) atoms. The molecule has 1 aromatic carbocycles. The van der Waals surface area contributed by atoms with Crippen LogP contribution in [0.1, 0.15) is 10.4 Å². The molecule has 4 N–H and O–H groups in total. The number of nitrogens with two attached hydrogens (primary N) is 1. The van der Waals surface area contributed by atoms with Crippen LogP contribution >= 0.6 is 12.4 Å². The Morgan fingerprint density at radius 3 is 2.46 bits per heavy atom. The third kappa shape index (κ3) is 6.75. The average Bonchev–Trinajstić information content (AvgIpc) is 2.52. The number of benzene rings is 1. The number of carbonyl (C=O) groups is 3. The molecular weight excluding hydrogens is 352 g/mol. The molecule has 0 unspecified atom stereocenters. The quantitative estimate of drug-likeness (QED) is 0.604. The van der Waals surface area contributed by atoms with Gasteiger partial charge in [0.05, 0.1) is 31.5 Å². The van der Waals surface area contributed by atoms with Crippen molar-refractivity contribution >= 4 is 35.9 Å². The Morgan fingerprint density at radius 2 is 1.92 bits per heavy atom. The number of nitrogens with one attached hydrogen (secondary N) is 2. The first kappa shape index (κ1) is 21.5. The SMILES string of the molecule is COC(=O)c1ccc(NC(=O)CNC(=O)CN)c(OC(F)F)c1.Cl. The van der Waals surface area contributed by atoms with E-state index in [2.05, 4.69) is 20.1 Å². The average molecular weight is 368 g/mol. The maximum Gasteiger partial charge on any atom is 0.387 e. The summed E-state index contributed by atoms with van der Waals surface area (Å²) >= 11 is 0. The molecule has 11 heteroatoms. The lowest BCUT2D eigenvalue weighted by atomic mass is 10.2. The summed E-state index contributed by atoms with van der Waals surface area (Å²) in [4.78, 5) is 34.0. The van der Waals surface area contributed by atoms with E-state index in [4.69, 9.17) is 5.73 Å². The van der Waals surface area contributed by atoms with E-state index in [-0.39, 0.29) is 30.2 Å². The largest absolute Gasteiger partial charge is 0.465 e. The molecule has 0 aliphatic rings. The topological polar surface area (TPSA) is 120 Å². The zero-order valence-electron chi connectivity index (χ0n) is 12.5. The van der Waals surface area contributed by atoms with Crippen molar-refractivity contribution in [3.63, 3.8) is 0 Å². The maximum absolute atomic E-state index is 12.4. The first-order valence-electron chi connectivity index (χ1n) is 6.31. The zero-order valence-corrected chi connectivity index (χ0v) is 13.3. The highest BCUT2D eigenvalue weighted by Gasteiger charge is 2.16. The van der Waals surface area contributed by atoms with E-state index in [0.29, 0.717) is 0 Å². The summed E-state index contributed by atoms with van der Waals surface area (Å²) in [5.41, 5.74) is 4.93. The zero-order chi connectivity index (χ0) is 17.4. The highest BCUT2D eigenvalue weighted by atomic mass is 35.5. The van der Waals surface area contributed by atoms with Crippen molar-refractivity contribution in [1.29, 1.82) is 0 Å². The highest BCUT2D eigenvalue weighted by molar-refractivity contribution is 5.97. The van der Waals surface area contributed by atoms with Gasteiger partial charge >= 0.3 is 12.6 Å². The van der Waals surface area contributed by atoms with Crippen LogP contribution in [0.3, 0.4) is 0 Å². The van der Waals surface area contributed by atoms with Crippen LogP contribution < -0.4 is 21.1 Å². The van der Waals surface area contributed by atoms with Gasteiger partial charge in [-0.2, -0.15) is 8.78 Å². The molecule has 0 saturated heterocycles. The molecule has 1 aromatic rings. The van der Waals surface area contributed by atoms with Gasteiger partial charge in [0.1, 0.15) is 5.75 Å². The molecule has 0 bridgehead atoms. The van der Waals surface area contributed by atoms with Crippen LogP contribution in [0.25, 0.3) is 0 Å². The van der Waals surface area contributed by atoms with Crippen molar-refractivity contribution in [3.05, 3.63) is 23.8 Å². The molecule has 0 radical (unpaired) electrons. The minimum atomic E-state index is -3.16. The number of carbonyl (C=O) groups excluding carboxylic acids is 3. The number of anilines is 1. The first-order valence-corrected chi connectivity index (χ1v) is 6.31. The van der Waals surface area contributed by atoms with Gasteiger partial charge in [0, 0.05) is 0 Å². The molecule has 0 aliphatic heterocycles. The predicted octanol–water partition coefficient (Wildman–Crippen LogP) is 0.510. The Labute approximate surface area is 142 Å². The first-order chi connectivity index (χ1) is 10.9. The van der Waals surface area contributed by atoms with Gasteiger partial charge in [-0.05, 0) is 18.2 Å². The number of esters is 1. The summed E-state index contributed by atoms with van der Waals surface area (Å²) in [5, 5.41) is 4.49. The Hall–Kier alpha value is -2.46. The molecular formula is C13H16ClF2N3O5. The molecule has 1 rings (SSSR count). The molecule has 0 atom stereocenters. The second-order valence-corrected chi connectivity index (χ2v) is 4.11. The summed E-state index contributed by atoms with van der Waals surface area (Å²) in [6, 6.07) is 3.47. The molecule has 0 spiro atoms. The summed E-state index contributed by atoms with van der Waals surface area (Å²) in [7, 11) is 1.13. The minimum Gasteiger partial charge on any atom is -0.465 e. The Kier molecular flexibility index (Phi) is 9.28. The number of ether oxygens (including phenoxy) is 2. The van der Waals surface area contributed by atoms with Crippen LogP contribution in [-0.2, 0) is 14.3 Å². The Bertz CT molecular complexity index is 601. The van der Waals surface area contributed by atoms with Gasteiger partial charge < -0.3 is 25.8 Å². The fraction of sp³-hybridized carbons (Fsp3) is 0.308. The van der Waals surface area contributed by atoms with Crippen LogP contribution in [-0.4, -0.2) is 44.6 Å². The summed E-state index contributed by atoms with van der Waals surface area (Å²) in [6.07, 6.45) is 0. The number of halogens is 3. The number of hydrogen-bond donors (Lipinski definition) is 3. The third-order valence-corrected chi connectivity index (χ3v) is 2.52. The van der Waals surface area contributed by atoms with Gasteiger partial charge in [-0.3, -0.25) is 9.59 Å². The second-order valence-electron chi connectivity index (χ2n) is 4.11. The van der Waals surface area contributed by atoms with Crippen LogP contribution in [0.15, 0.2) is 18.2 Å². The van der Waals surface area contributed by atoms with E-state index >= 15 is 0 Å². The molecule has 2 amide bonds. The van der Waals surface area contributed by atoms with E-state index in [9.17, 15) is 23.2 Å². The fourth-order valence-corrected chi connectivity index (χ4v) is 1.51. The molecule has 8 nitrogen and oxygen atoms in total. The van der Waals surface area contributed by atoms with Gasteiger partial charge in [0.15, 0.2) is 0 Å². The minimum absolute atomic E-state index is 0. The van der Waals surface area contributed by atoms with Crippen molar-refractivity contribution in [1.82, 2.24) is 5.32 Å². The van der Waals surface area contributed by atoms with Crippen LogP contribution in [0, 0.1) is 0 Å². The molecule has 0 saturated carbocycles. The van der Waals surface area contributed by atoms with Crippen molar-refractivity contribution in [2.75, 3.05) is 25.5 Å². The second kappa shape index (κ2) is 10.3. The Morgan fingerprint density at radius 1 is 1.25 bits per heavy atom. The highest BCUT2D eigenvalue weighted by Crippen LogP contribution is 2.27. The third-order valence-electron chi connectivity index (χ3n) is 2.52. The van der Waals surface area contributed by atoms with Gasteiger partial charge in [-0.1, -0.05) is 0 Å². The number of methoxy groups -OCH3 is 1. The monoisotopic (exact) mass is 367 g/mol. The van der Waals surface area contributed by atoms with Crippen LogP contribution in [0.4, 0.5) is 14.5 Å². The van der Waals surface area contributed by atoms with E-state index in [1.54, 1.807) is 0 Å². The van der Waals surface area contributed by atoms with Gasteiger partial charge in [0.25, 0.3) is 0 Å². The van der Waals surface area contributed by atoms with Crippen molar-refractivity contribution in [3.8, 4) is 5.75 Å². The van der Waals surface area contributed by atoms with E-state index < -0.39 is 36.7 Å². The summed E-state index contributed by atoms with van der Waals surface area (Å²) in [5.74, 6) is -2.40. The van der Waals surface area contributed by atoms with Gasteiger partial charge in [-0.15, -0.1) is 12.4 Å². The lowest BCUT2D eigenvalue weighted by molar-refractivity contribution is -0.123. The van der Waals surface area contributed by atoms with Crippen molar-refractivity contribution < 1.29 is 32.6 Å². The molecule has 134 valence electrons. The normalized spacial score (nSPS) is 9.71. The summed E-state index contributed by atoms with van der Waals surface area (Å²) < 4.78 is 33.6. The number of alkyl halides is 2. The molecule has 0 fully saturated rings. The molecule has 0 heterocycles. The fourth-order valence-electron chi connectivity index (χ4n) is 1.51. The van der Waals surface area contributed by atoms with Crippen molar-refractivity contribution in [2.45, 2.75) is 6.61 Å². The lowest BCUT2D eigenvalue weighted by Gasteiger charge is -2.13. The van der Waals surface area contributed by atoms with Gasteiger partial charge in [-0.25, -0.2) is 4.79 Å². The number of rotatable bonds is 7. The maximum atomic E-state index is 12.4. The standard InChI is InChI=1S/C13H15F2N3O5.ClH/c1-22-12(21)7-2-3-8(9(4-7)23-13(14)15)18-11(20)6-17-10(19)5-16;/h2-4,13H,5-6,16H2,1H3,(H,17,19)(H,18,20);1H. The van der Waals surface area contributed by atoms with Crippen molar-refractivity contribution in [2.24, 2.45) is 5.73 Å². The number of hydrogen-bond acceptors (Lipinski definition) is 6. The molecule has 0 aliphatic carbocycles.